The Bertz CT molecular complexity index is 3770. The van der Waals surface area contributed by atoms with Gasteiger partial charge in [0, 0.05) is 16.2 Å². The van der Waals surface area contributed by atoms with Crippen LogP contribution in [0.2, 0.25) is 0 Å². The zero-order chi connectivity index (χ0) is 47.1. The van der Waals surface area contributed by atoms with Crippen LogP contribution in [0.1, 0.15) is 0 Å². The van der Waals surface area contributed by atoms with E-state index in [1.165, 1.54) is 111 Å². The number of hydrogen-bond donors (Lipinski definition) is 0. The van der Waals surface area contributed by atoms with Crippen LogP contribution in [-0.2, 0) is 0 Å². The van der Waals surface area contributed by atoms with Crippen LogP contribution in [0.15, 0.2) is 285 Å². The Morgan fingerprint density at radius 3 is 0.803 bits per heavy atom. The second-order valence-corrected chi connectivity index (χ2v) is 18.4. The van der Waals surface area contributed by atoms with Crippen LogP contribution < -0.4 is 0 Å². The van der Waals surface area contributed by atoms with E-state index < -0.39 is 0 Å². The molecule has 0 spiro atoms. The Kier molecular flexibility index (Phi) is 10.6. The fourth-order valence-corrected chi connectivity index (χ4v) is 10.6. The lowest BCUT2D eigenvalue weighted by molar-refractivity contribution is 1.20. The van der Waals surface area contributed by atoms with Crippen molar-refractivity contribution in [1.29, 1.82) is 0 Å². The summed E-state index contributed by atoms with van der Waals surface area (Å²) in [6, 6.07) is 104. The van der Waals surface area contributed by atoms with Crippen molar-refractivity contribution < 1.29 is 0 Å². The van der Waals surface area contributed by atoms with Gasteiger partial charge in [0.2, 0.25) is 0 Å². The van der Waals surface area contributed by atoms with E-state index in [2.05, 4.69) is 290 Å². The van der Waals surface area contributed by atoms with Crippen molar-refractivity contribution in [2.45, 2.75) is 0 Å². The minimum atomic E-state index is 1.15. The lowest BCUT2D eigenvalue weighted by atomic mass is 9.89. The van der Waals surface area contributed by atoms with Crippen LogP contribution in [0, 0.1) is 0 Å². The summed E-state index contributed by atoms with van der Waals surface area (Å²) in [5.74, 6) is 0. The highest BCUT2D eigenvalue weighted by Crippen LogP contribution is 2.46. The molecule has 1 heteroatoms. The van der Waals surface area contributed by atoms with Gasteiger partial charge in [-0.05, 0) is 125 Å². The van der Waals surface area contributed by atoms with Gasteiger partial charge >= 0.3 is 0 Å². The molecule has 1 nitrogen and oxygen atoms in total. The Hall–Kier alpha value is -9.30. The third-order valence-electron chi connectivity index (χ3n) is 14.3. The fourth-order valence-electron chi connectivity index (χ4n) is 10.6. The first-order valence-corrected chi connectivity index (χ1v) is 24.5. The summed E-state index contributed by atoms with van der Waals surface area (Å²) in [6.07, 6.45) is 0. The first-order chi connectivity index (χ1) is 35.2. The van der Waals surface area contributed by atoms with Gasteiger partial charge in [0.25, 0.3) is 0 Å². The van der Waals surface area contributed by atoms with Crippen LogP contribution in [0.3, 0.4) is 0 Å². The van der Waals surface area contributed by atoms with Gasteiger partial charge in [-0.15, -0.1) is 0 Å². The van der Waals surface area contributed by atoms with E-state index in [-0.39, 0.29) is 0 Å². The summed E-state index contributed by atoms with van der Waals surface area (Å²) < 4.78 is 2.53. The van der Waals surface area contributed by atoms with E-state index in [0.29, 0.717) is 0 Å². The maximum atomic E-state index is 2.53. The summed E-state index contributed by atoms with van der Waals surface area (Å²) in [5, 5.41) is 4.82. The quantitative estimate of drug-likeness (QED) is 0.136. The van der Waals surface area contributed by atoms with Crippen LogP contribution in [-0.4, -0.2) is 4.57 Å². The lowest BCUT2D eigenvalue weighted by Crippen LogP contribution is -1.97. The monoisotopic (exact) mass is 901 g/mol. The highest BCUT2D eigenvalue weighted by molar-refractivity contribution is 6.16. The number of hydrogen-bond acceptors (Lipinski definition) is 0. The Morgan fingerprint density at radius 1 is 0.183 bits per heavy atom. The van der Waals surface area contributed by atoms with Crippen molar-refractivity contribution in [3.05, 3.63) is 285 Å². The maximum absolute atomic E-state index is 2.53. The van der Waals surface area contributed by atoms with Gasteiger partial charge in [-0.2, -0.15) is 0 Å². The minimum absolute atomic E-state index is 1.15. The molecule has 0 radical (unpaired) electrons. The Morgan fingerprint density at radius 2 is 0.451 bits per heavy atom. The molecule has 332 valence electrons. The highest BCUT2D eigenvalue weighted by atomic mass is 15.0. The molecule has 0 aliphatic heterocycles. The normalized spacial score (nSPS) is 11.4. The molecule has 0 atom stereocenters. The van der Waals surface area contributed by atoms with Gasteiger partial charge in [0.15, 0.2) is 0 Å². The molecule has 1 heterocycles. The molecule has 0 N–H and O–H groups in total. The molecule has 0 unspecified atom stereocenters. The largest absolute Gasteiger partial charge is 0.309 e. The molecule has 0 amide bonds. The molecule has 0 aliphatic rings. The topological polar surface area (TPSA) is 4.93 Å². The molecule has 0 saturated carbocycles. The van der Waals surface area contributed by atoms with Crippen LogP contribution in [0.5, 0.6) is 0 Å². The SMILES string of the molecule is c1ccc(-c2ccc(-c3cc4c5cc(-c6ccc(-c7ccccc7)cc6)c(-c6ccc(-c7ccccc7)cc6)cc5n(-c5cccc6ccccc56)c4cc3-c3ccc(-c4ccccc4)cc3)cc2)cc1. The van der Waals surface area contributed by atoms with E-state index >= 15 is 0 Å². The number of fused-ring (bicyclic) bond motifs is 4. The third-order valence-corrected chi connectivity index (χ3v) is 14.3. The van der Waals surface area contributed by atoms with Crippen molar-refractivity contribution in [2.24, 2.45) is 0 Å². The summed E-state index contributed by atoms with van der Waals surface area (Å²) in [6.45, 7) is 0. The molecule has 0 fully saturated rings. The predicted octanol–water partition coefficient (Wildman–Crippen LogP) is 19.3. The summed E-state index contributed by atoms with van der Waals surface area (Å²) in [5.41, 5.74) is 22.5. The van der Waals surface area contributed by atoms with Crippen molar-refractivity contribution in [2.75, 3.05) is 0 Å². The van der Waals surface area contributed by atoms with Crippen molar-refractivity contribution in [3.63, 3.8) is 0 Å². The highest BCUT2D eigenvalue weighted by Gasteiger charge is 2.22. The first kappa shape index (κ1) is 41.9. The van der Waals surface area contributed by atoms with E-state index in [9.17, 15) is 0 Å². The number of nitrogens with zero attached hydrogens (tertiary/aromatic N) is 1. The molecular formula is C70H47N. The second-order valence-electron chi connectivity index (χ2n) is 18.4. The minimum Gasteiger partial charge on any atom is -0.309 e. The summed E-state index contributed by atoms with van der Waals surface area (Å²) in [7, 11) is 0. The van der Waals surface area contributed by atoms with Crippen molar-refractivity contribution in [3.8, 4) is 94.7 Å². The second kappa shape index (κ2) is 18.0. The Labute approximate surface area is 414 Å². The summed E-state index contributed by atoms with van der Waals surface area (Å²) in [4.78, 5) is 0. The molecular weight excluding hydrogens is 855 g/mol. The van der Waals surface area contributed by atoms with E-state index in [1.807, 2.05) is 0 Å². The van der Waals surface area contributed by atoms with Crippen molar-refractivity contribution >= 4 is 32.6 Å². The van der Waals surface area contributed by atoms with Gasteiger partial charge < -0.3 is 4.57 Å². The molecule has 13 aromatic rings. The molecule has 1 aromatic heterocycles. The van der Waals surface area contributed by atoms with Gasteiger partial charge in [-0.25, -0.2) is 0 Å². The summed E-state index contributed by atoms with van der Waals surface area (Å²) >= 11 is 0. The third kappa shape index (κ3) is 7.80. The van der Waals surface area contributed by atoms with Crippen LogP contribution >= 0.6 is 0 Å². The zero-order valence-corrected chi connectivity index (χ0v) is 39.1. The van der Waals surface area contributed by atoms with Gasteiger partial charge in [-0.1, -0.05) is 255 Å². The number of rotatable bonds is 9. The molecule has 12 aromatic carbocycles. The predicted molar refractivity (Wildman–Crippen MR) is 302 cm³/mol. The molecule has 0 aliphatic carbocycles. The maximum Gasteiger partial charge on any atom is 0.0547 e. The van der Waals surface area contributed by atoms with E-state index in [4.69, 9.17) is 0 Å². The zero-order valence-electron chi connectivity index (χ0n) is 39.1. The van der Waals surface area contributed by atoms with Crippen LogP contribution in [0.4, 0.5) is 0 Å². The average Bonchev–Trinajstić information content (AvgIpc) is 3.77. The number of aromatic nitrogens is 1. The standard InChI is InChI=1S/C70H47N/c1-5-16-48(17-6-1)52-28-36-57(37-29-52)62-44-66-67-45-63(58-38-30-53(31-39-58)49-18-7-2-8-19-49)65(60-42-34-55(35-43-60)51-22-11-4-12-23-51)47-70(67)71(68-27-15-25-56-24-13-14-26-61(56)68)69(66)46-64(62)59-40-32-54(33-41-59)50-20-9-3-10-21-50/h1-47H. The van der Waals surface area contributed by atoms with Gasteiger partial charge in [-0.3, -0.25) is 0 Å². The van der Waals surface area contributed by atoms with Crippen molar-refractivity contribution in [1.82, 2.24) is 4.57 Å². The molecule has 0 bridgehead atoms. The molecule has 0 saturated heterocycles. The fraction of sp³-hybridized carbons (Fsp3) is 0. The van der Waals surface area contributed by atoms with Gasteiger partial charge in [0.1, 0.15) is 0 Å². The van der Waals surface area contributed by atoms with Crippen LogP contribution in [0.25, 0.3) is 127 Å². The molecule has 13 rings (SSSR count). The first-order valence-electron chi connectivity index (χ1n) is 24.5. The van der Waals surface area contributed by atoms with E-state index in [0.717, 1.165) is 16.7 Å². The Balaban J connectivity index is 1.09. The smallest absolute Gasteiger partial charge is 0.0547 e. The molecule has 71 heavy (non-hydrogen) atoms. The van der Waals surface area contributed by atoms with E-state index in [1.54, 1.807) is 0 Å². The van der Waals surface area contributed by atoms with Gasteiger partial charge in [0.05, 0.1) is 16.7 Å². The lowest BCUT2D eigenvalue weighted by Gasteiger charge is -2.16. The average molecular weight is 902 g/mol. The number of benzene rings is 12.